The maximum atomic E-state index is 8.99. The van der Waals surface area contributed by atoms with Crippen molar-refractivity contribution in [1.82, 2.24) is 0 Å². The Kier molecular flexibility index (Phi) is 1.91. The first-order chi connectivity index (χ1) is 4.20. The zero-order valence-corrected chi connectivity index (χ0v) is 5.89. The molecule has 1 heterocycles. The Labute approximate surface area is 58.9 Å². The lowest BCUT2D eigenvalue weighted by Gasteiger charge is -2.15. The number of aliphatic imine (C=N–C) groups is 1. The molecular weight excluding hydrogens is 138 g/mol. The van der Waals surface area contributed by atoms with Gasteiger partial charge in [0, 0.05) is 5.92 Å². The van der Waals surface area contributed by atoms with E-state index in [1.165, 1.54) is 0 Å². The average Bonchev–Trinajstić information content (AvgIpc) is 1.80. The fourth-order valence-electron chi connectivity index (χ4n) is 0.697. The Balaban J connectivity index is 2.74. The third-order valence-corrected chi connectivity index (χ3v) is 1.57. The minimum absolute atomic E-state index is 0.138. The number of rotatable bonds is 0. The van der Waals surface area contributed by atoms with Crippen LogP contribution in [-0.2, 0) is 0 Å². The molecule has 0 aromatic carbocycles. The summed E-state index contributed by atoms with van der Waals surface area (Å²) in [6.07, 6.45) is 0.0826. The molecule has 0 aromatic rings. The van der Waals surface area contributed by atoms with Gasteiger partial charge in [-0.15, -0.1) is 0 Å². The van der Waals surface area contributed by atoms with Crippen molar-refractivity contribution < 1.29 is 5.11 Å². The Morgan fingerprint density at radius 1 is 1.89 bits per heavy atom. The van der Waals surface area contributed by atoms with Crippen LogP contribution in [0, 0.1) is 5.92 Å². The molecule has 0 saturated heterocycles. The minimum Gasteiger partial charge on any atom is -0.371 e. The molecule has 0 radical (unpaired) electrons. The van der Waals surface area contributed by atoms with Crippen LogP contribution >= 0.6 is 11.6 Å². The van der Waals surface area contributed by atoms with E-state index in [2.05, 4.69) is 10.9 Å². The maximum Gasteiger partial charge on any atom is 0.156 e. The normalized spacial score (nSPS) is 34.3. The smallest absolute Gasteiger partial charge is 0.156 e. The quantitative estimate of drug-likeness (QED) is 0.545. The summed E-state index contributed by atoms with van der Waals surface area (Å²) >= 11 is 5.58. The maximum absolute atomic E-state index is 8.99. The van der Waals surface area contributed by atoms with Crippen molar-refractivity contribution in [2.75, 3.05) is 0 Å². The van der Waals surface area contributed by atoms with E-state index in [-0.39, 0.29) is 5.92 Å². The first-order valence-electron chi connectivity index (χ1n) is 2.85. The highest BCUT2D eigenvalue weighted by atomic mass is 35.5. The zero-order chi connectivity index (χ0) is 6.85. The van der Waals surface area contributed by atoms with E-state index in [1.54, 1.807) is 0 Å². The van der Waals surface area contributed by atoms with Gasteiger partial charge in [0.25, 0.3) is 0 Å². The number of aliphatic hydroxyl groups excluding tert-OH is 1. The van der Waals surface area contributed by atoms with Crippen molar-refractivity contribution in [2.45, 2.75) is 19.6 Å². The van der Waals surface area contributed by atoms with Crippen LogP contribution in [0.2, 0.25) is 0 Å². The second kappa shape index (κ2) is 2.53. The molecule has 1 rings (SSSR count). The van der Waals surface area contributed by atoms with Crippen molar-refractivity contribution in [1.29, 1.82) is 0 Å². The molecule has 3 heteroatoms. The van der Waals surface area contributed by atoms with Gasteiger partial charge in [0.2, 0.25) is 0 Å². The van der Waals surface area contributed by atoms with Crippen LogP contribution in [0.15, 0.2) is 10.0 Å². The number of halogens is 1. The van der Waals surface area contributed by atoms with Crippen molar-refractivity contribution in [2.24, 2.45) is 10.9 Å². The van der Waals surface area contributed by atoms with Gasteiger partial charge in [0.1, 0.15) is 0 Å². The first kappa shape index (κ1) is 6.81. The molecular formula is C6H8ClNO. The van der Waals surface area contributed by atoms with Gasteiger partial charge in [0.15, 0.2) is 6.23 Å². The van der Waals surface area contributed by atoms with Crippen LogP contribution in [0.1, 0.15) is 13.3 Å². The Bertz CT molecular complexity index is 172. The fourth-order valence-corrected chi connectivity index (χ4v) is 0.989. The summed E-state index contributed by atoms with van der Waals surface area (Å²) in [6.45, 7) is 1.90. The van der Waals surface area contributed by atoms with Gasteiger partial charge in [-0.05, 0) is 12.3 Å². The highest BCUT2D eigenvalue weighted by Gasteiger charge is 2.16. The van der Waals surface area contributed by atoms with E-state index < -0.39 is 6.23 Å². The van der Waals surface area contributed by atoms with E-state index in [0.29, 0.717) is 11.5 Å². The van der Waals surface area contributed by atoms with Gasteiger partial charge in [-0.3, -0.25) is 0 Å². The molecule has 2 nitrogen and oxygen atoms in total. The summed E-state index contributed by atoms with van der Waals surface area (Å²) in [7, 11) is 0. The summed E-state index contributed by atoms with van der Waals surface area (Å²) in [5.74, 6) is 2.66. The minimum atomic E-state index is -0.604. The summed E-state index contributed by atoms with van der Waals surface area (Å²) in [5, 5.41) is 9.60. The summed E-state index contributed by atoms with van der Waals surface area (Å²) in [5.41, 5.74) is 0. The van der Waals surface area contributed by atoms with Gasteiger partial charge in [-0.2, -0.15) is 0 Å². The lowest BCUT2D eigenvalue weighted by atomic mass is 10.1. The number of hydrogen-bond acceptors (Lipinski definition) is 2. The molecule has 0 bridgehead atoms. The standard InChI is InChI=1S/C6H8ClNO/c1-4-2-5(7)3-8-6(4)9/h4,6,9H,2H2,1H3. The molecule has 0 saturated carbocycles. The number of allylic oxidation sites excluding steroid dienone is 1. The van der Waals surface area contributed by atoms with Gasteiger partial charge >= 0.3 is 0 Å². The van der Waals surface area contributed by atoms with Gasteiger partial charge in [-0.25, -0.2) is 4.99 Å². The number of hydrogen-bond donors (Lipinski definition) is 1. The zero-order valence-electron chi connectivity index (χ0n) is 5.13. The van der Waals surface area contributed by atoms with E-state index in [1.807, 2.05) is 6.92 Å². The topological polar surface area (TPSA) is 32.6 Å². The molecule has 1 aliphatic rings. The fraction of sp³-hybridized carbons (Fsp3) is 0.667. The van der Waals surface area contributed by atoms with Gasteiger partial charge in [0.05, 0.1) is 5.03 Å². The van der Waals surface area contributed by atoms with Crippen LogP contribution in [0.3, 0.4) is 0 Å². The molecule has 2 unspecified atom stereocenters. The van der Waals surface area contributed by atoms with Crippen LogP contribution in [0.25, 0.3) is 0 Å². The monoisotopic (exact) mass is 145 g/mol. The van der Waals surface area contributed by atoms with Gasteiger partial charge in [-0.1, -0.05) is 18.5 Å². The SMILES string of the molecule is CC1CC(Cl)=C=NC1O. The molecule has 1 N–H and O–H groups in total. The summed E-state index contributed by atoms with van der Waals surface area (Å²) in [4.78, 5) is 3.63. The van der Waals surface area contributed by atoms with Crippen LogP contribution in [0.5, 0.6) is 0 Å². The van der Waals surface area contributed by atoms with E-state index in [0.717, 1.165) is 0 Å². The summed E-state index contributed by atoms with van der Waals surface area (Å²) in [6, 6.07) is 0. The molecule has 50 valence electrons. The van der Waals surface area contributed by atoms with E-state index in [9.17, 15) is 0 Å². The lowest BCUT2D eigenvalue weighted by molar-refractivity contribution is 0.125. The van der Waals surface area contributed by atoms with E-state index >= 15 is 0 Å². The van der Waals surface area contributed by atoms with Crippen LogP contribution < -0.4 is 0 Å². The average molecular weight is 146 g/mol. The molecule has 9 heavy (non-hydrogen) atoms. The molecule has 1 aliphatic heterocycles. The second-order valence-corrected chi connectivity index (χ2v) is 2.70. The summed E-state index contributed by atoms with van der Waals surface area (Å²) < 4.78 is 0. The van der Waals surface area contributed by atoms with Gasteiger partial charge < -0.3 is 5.11 Å². The number of aliphatic hydroxyl groups is 1. The van der Waals surface area contributed by atoms with Crippen molar-refractivity contribution in [3.63, 3.8) is 0 Å². The van der Waals surface area contributed by atoms with Crippen molar-refractivity contribution in [3.05, 3.63) is 5.03 Å². The molecule has 2 atom stereocenters. The molecule has 0 fully saturated rings. The highest BCUT2D eigenvalue weighted by Crippen LogP contribution is 2.19. The van der Waals surface area contributed by atoms with Crippen molar-refractivity contribution in [3.8, 4) is 0 Å². The Hall–Kier alpha value is -0.300. The Morgan fingerprint density at radius 2 is 2.56 bits per heavy atom. The molecule has 0 spiro atoms. The second-order valence-electron chi connectivity index (χ2n) is 2.24. The Morgan fingerprint density at radius 3 is 3.00 bits per heavy atom. The van der Waals surface area contributed by atoms with Crippen LogP contribution in [0.4, 0.5) is 0 Å². The lowest BCUT2D eigenvalue weighted by Crippen LogP contribution is -2.17. The van der Waals surface area contributed by atoms with Crippen molar-refractivity contribution >= 4 is 17.5 Å². The molecule has 0 aliphatic carbocycles. The first-order valence-corrected chi connectivity index (χ1v) is 3.23. The predicted octanol–water partition coefficient (Wildman–Crippen LogP) is 1.14. The molecule has 0 aromatic heterocycles. The number of nitrogens with zero attached hydrogens (tertiary/aromatic N) is 1. The predicted molar refractivity (Wildman–Crippen MR) is 36.6 cm³/mol. The highest BCUT2D eigenvalue weighted by molar-refractivity contribution is 6.33. The van der Waals surface area contributed by atoms with Crippen LogP contribution in [-0.4, -0.2) is 17.2 Å². The molecule has 0 amide bonds. The largest absolute Gasteiger partial charge is 0.371 e. The third-order valence-electron chi connectivity index (χ3n) is 1.33. The third kappa shape index (κ3) is 1.55. The van der Waals surface area contributed by atoms with E-state index in [4.69, 9.17) is 16.7 Å².